The molecule has 0 saturated heterocycles. The molecule has 1 heterocycles. The first-order valence-corrected chi connectivity index (χ1v) is 9.22. The second-order valence-electron chi connectivity index (χ2n) is 5.54. The van der Waals surface area contributed by atoms with E-state index in [2.05, 4.69) is 15.0 Å². The van der Waals surface area contributed by atoms with Gasteiger partial charge in [-0.1, -0.05) is 0 Å². The Morgan fingerprint density at radius 2 is 1.84 bits per heavy atom. The average Bonchev–Trinajstić information content (AvgIpc) is 2.58. The molecule has 0 aliphatic heterocycles. The Hall–Kier alpha value is -2.32. The zero-order chi connectivity index (χ0) is 18.4. The number of aryl methyl sites for hydroxylation is 2. The summed E-state index contributed by atoms with van der Waals surface area (Å²) >= 11 is 0. The van der Waals surface area contributed by atoms with Crippen LogP contribution in [0.1, 0.15) is 11.1 Å². The number of hydrogen-bond acceptors (Lipinski definition) is 6. The fourth-order valence-corrected chi connectivity index (χ4v) is 3.46. The summed E-state index contributed by atoms with van der Waals surface area (Å²) in [5.74, 6) is 0.949. The molecule has 2 aromatic rings. The van der Waals surface area contributed by atoms with Crippen molar-refractivity contribution in [2.45, 2.75) is 18.7 Å². The van der Waals surface area contributed by atoms with Crippen LogP contribution < -0.4 is 14.8 Å². The van der Waals surface area contributed by atoms with E-state index in [4.69, 9.17) is 9.47 Å². The third-order valence-electron chi connectivity index (χ3n) is 3.70. The van der Waals surface area contributed by atoms with E-state index in [1.807, 2.05) is 13.8 Å². The van der Waals surface area contributed by atoms with Crippen LogP contribution in [0, 0.1) is 13.8 Å². The van der Waals surface area contributed by atoms with E-state index in [9.17, 15) is 8.42 Å². The van der Waals surface area contributed by atoms with Crippen LogP contribution in [0.3, 0.4) is 0 Å². The molecule has 0 aliphatic rings. The van der Waals surface area contributed by atoms with Gasteiger partial charge >= 0.3 is 0 Å². The number of nitrogens with one attached hydrogen (secondary N) is 2. The van der Waals surface area contributed by atoms with Crippen molar-refractivity contribution < 1.29 is 17.9 Å². The molecule has 0 spiro atoms. The van der Waals surface area contributed by atoms with Crippen molar-refractivity contribution >= 4 is 21.5 Å². The lowest BCUT2D eigenvalue weighted by atomic mass is 10.1. The lowest BCUT2D eigenvalue weighted by Gasteiger charge is -2.14. The van der Waals surface area contributed by atoms with Gasteiger partial charge in [-0.05, 0) is 49.2 Å². The molecule has 0 aliphatic carbocycles. The van der Waals surface area contributed by atoms with Crippen LogP contribution in [0.2, 0.25) is 0 Å². The standard InChI is InChI=1S/C17H23N3O4S/c1-12-9-15(24-4)16(10-13(12)2)25(21,22)20-14-5-6-17(19-11-14)18-7-8-23-3/h5-6,9-11,20H,7-8H2,1-4H3,(H,18,19). The van der Waals surface area contributed by atoms with Gasteiger partial charge < -0.3 is 14.8 Å². The first kappa shape index (κ1) is 19.0. The van der Waals surface area contributed by atoms with E-state index in [1.54, 1.807) is 31.4 Å². The summed E-state index contributed by atoms with van der Waals surface area (Å²) in [7, 11) is -0.716. The molecule has 8 heteroatoms. The minimum atomic E-state index is -3.78. The number of hydrogen-bond donors (Lipinski definition) is 2. The van der Waals surface area contributed by atoms with Crippen molar-refractivity contribution in [3.8, 4) is 5.75 Å². The largest absolute Gasteiger partial charge is 0.495 e. The Bertz CT molecular complexity index is 821. The first-order chi connectivity index (χ1) is 11.9. The first-order valence-electron chi connectivity index (χ1n) is 7.74. The molecule has 0 bridgehead atoms. The van der Waals surface area contributed by atoms with Crippen molar-refractivity contribution in [3.63, 3.8) is 0 Å². The van der Waals surface area contributed by atoms with Crippen LogP contribution in [-0.4, -0.2) is 40.8 Å². The van der Waals surface area contributed by atoms with Crippen molar-refractivity contribution in [3.05, 3.63) is 41.6 Å². The predicted molar refractivity (Wildman–Crippen MR) is 97.9 cm³/mol. The highest BCUT2D eigenvalue weighted by atomic mass is 32.2. The molecule has 25 heavy (non-hydrogen) atoms. The summed E-state index contributed by atoms with van der Waals surface area (Å²) in [5.41, 5.74) is 2.21. The Kier molecular flexibility index (Phi) is 6.22. The van der Waals surface area contributed by atoms with E-state index in [1.165, 1.54) is 13.3 Å². The second kappa shape index (κ2) is 8.17. The van der Waals surface area contributed by atoms with Crippen LogP contribution >= 0.6 is 0 Å². The van der Waals surface area contributed by atoms with Crippen LogP contribution in [0.15, 0.2) is 35.4 Å². The predicted octanol–water partition coefficient (Wildman–Crippen LogP) is 2.57. The van der Waals surface area contributed by atoms with E-state index in [-0.39, 0.29) is 4.90 Å². The summed E-state index contributed by atoms with van der Waals surface area (Å²) in [5, 5.41) is 3.07. The van der Waals surface area contributed by atoms with Gasteiger partial charge in [0.2, 0.25) is 0 Å². The molecule has 0 radical (unpaired) electrons. The number of sulfonamides is 1. The molecule has 0 saturated carbocycles. The lowest BCUT2D eigenvalue weighted by molar-refractivity contribution is 0.210. The summed E-state index contributed by atoms with van der Waals surface area (Å²) in [6.45, 7) is 4.94. The fraction of sp³-hybridized carbons (Fsp3) is 0.353. The second-order valence-corrected chi connectivity index (χ2v) is 7.20. The van der Waals surface area contributed by atoms with Gasteiger partial charge in [0.1, 0.15) is 16.5 Å². The van der Waals surface area contributed by atoms with Gasteiger partial charge in [0.05, 0.1) is 25.6 Å². The van der Waals surface area contributed by atoms with Gasteiger partial charge in [0, 0.05) is 13.7 Å². The summed E-state index contributed by atoms with van der Waals surface area (Å²) in [6, 6.07) is 6.66. The average molecular weight is 365 g/mol. The normalized spacial score (nSPS) is 11.2. The zero-order valence-electron chi connectivity index (χ0n) is 14.8. The number of anilines is 2. The third kappa shape index (κ3) is 4.83. The van der Waals surface area contributed by atoms with E-state index in [0.29, 0.717) is 30.4 Å². The molecule has 7 nitrogen and oxygen atoms in total. The molecule has 2 rings (SSSR count). The number of ether oxygens (including phenoxy) is 2. The molecule has 2 N–H and O–H groups in total. The monoisotopic (exact) mass is 365 g/mol. The maximum absolute atomic E-state index is 12.7. The molecule has 0 unspecified atom stereocenters. The van der Waals surface area contributed by atoms with Crippen molar-refractivity contribution in [2.24, 2.45) is 0 Å². The van der Waals surface area contributed by atoms with Gasteiger partial charge in [-0.3, -0.25) is 4.72 Å². The smallest absolute Gasteiger partial charge is 0.265 e. The van der Waals surface area contributed by atoms with E-state index in [0.717, 1.165) is 11.1 Å². The van der Waals surface area contributed by atoms with E-state index >= 15 is 0 Å². The Labute approximate surface area is 148 Å². The number of rotatable bonds is 8. The van der Waals surface area contributed by atoms with Crippen LogP contribution in [-0.2, 0) is 14.8 Å². The van der Waals surface area contributed by atoms with Gasteiger partial charge in [-0.2, -0.15) is 0 Å². The number of nitrogens with zero attached hydrogens (tertiary/aromatic N) is 1. The molecule has 136 valence electrons. The van der Waals surface area contributed by atoms with Crippen LogP contribution in [0.4, 0.5) is 11.5 Å². The van der Waals surface area contributed by atoms with Crippen molar-refractivity contribution in [1.29, 1.82) is 0 Å². The zero-order valence-corrected chi connectivity index (χ0v) is 15.6. The topological polar surface area (TPSA) is 89.6 Å². The highest BCUT2D eigenvalue weighted by Gasteiger charge is 2.21. The van der Waals surface area contributed by atoms with Gasteiger partial charge in [0.25, 0.3) is 10.0 Å². The maximum Gasteiger partial charge on any atom is 0.265 e. The van der Waals surface area contributed by atoms with Gasteiger partial charge in [0.15, 0.2) is 0 Å². The molecular weight excluding hydrogens is 342 g/mol. The van der Waals surface area contributed by atoms with Crippen LogP contribution in [0.5, 0.6) is 5.75 Å². The Balaban J connectivity index is 2.20. The highest BCUT2D eigenvalue weighted by Crippen LogP contribution is 2.28. The van der Waals surface area contributed by atoms with Crippen molar-refractivity contribution in [1.82, 2.24) is 4.98 Å². The van der Waals surface area contributed by atoms with E-state index < -0.39 is 10.0 Å². The highest BCUT2D eigenvalue weighted by molar-refractivity contribution is 7.92. The van der Waals surface area contributed by atoms with Gasteiger partial charge in [-0.25, -0.2) is 13.4 Å². The quantitative estimate of drug-likeness (QED) is 0.699. The fourth-order valence-electron chi connectivity index (χ4n) is 2.18. The lowest BCUT2D eigenvalue weighted by Crippen LogP contribution is -2.15. The SMILES string of the molecule is COCCNc1ccc(NS(=O)(=O)c2cc(C)c(C)cc2OC)cn1. The summed E-state index contributed by atoms with van der Waals surface area (Å²) < 4.78 is 38.1. The Morgan fingerprint density at radius 3 is 2.44 bits per heavy atom. The molecule has 0 fully saturated rings. The molecule has 0 amide bonds. The summed E-state index contributed by atoms with van der Waals surface area (Å²) in [6.07, 6.45) is 1.46. The minimum absolute atomic E-state index is 0.0976. The maximum atomic E-state index is 12.7. The molecular formula is C17H23N3O4S. The molecule has 1 aromatic carbocycles. The van der Waals surface area contributed by atoms with Crippen molar-refractivity contribution in [2.75, 3.05) is 37.4 Å². The number of methoxy groups -OCH3 is 2. The Morgan fingerprint density at radius 1 is 1.12 bits per heavy atom. The summed E-state index contributed by atoms with van der Waals surface area (Å²) in [4.78, 5) is 4.28. The number of benzene rings is 1. The molecule has 1 aromatic heterocycles. The third-order valence-corrected chi connectivity index (χ3v) is 5.10. The number of aromatic nitrogens is 1. The number of pyridine rings is 1. The molecule has 0 atom stereocenters. The minimum Gasteiger partial charge on any atom is -0.495 e. The van der Waals surface area contributed by atoms with Crippen LogP contribution in [0.25, 0.3) is 0 Å². The van der Waals surface area contributed by atoms with Gasteiger partial charge in [-0.15, -0.1) is 0 Å².